The molecule has 1 atom stereocenters. The maximum Gasteiger partial charge on any atom is 0.416 e. The molecule has 0 saturated heterocycles. The van der Waals surface area contributed by atoms with E-state index in [1.807, 2.05) is 28.8 Å². The number of thiazole rings is 1. The summed E-state index contributed by atoms with van der Waals surface area (Å²) in [5.41, 5.74) is 0.0547. The molecule has 6 aromatic rings. The molecule has 0 spiro atoms. The molecule has 1 unspecified atom stereocenters. The van der Waals surface area contributed by atoms with Gasteiger partial charge in [-0.15, -0.1) is 0 Å². The Morgan fingerprint density at radius 1 is 0.833 bits per heavy atom. The minimum atomic E-state index is -5.06. The summed E-state index contributed by atoms with van der Waals surface area (Å²) in [4.78, 5) is 31.9. The smallest absolute Gasteiger partial charge is 0.344 e. The summed E-state index contributed by atoms with van der Waals surface area (Å²) >= 11 is 5.02. The van der Waals surface area contributed by atoms with Gasteiger partial charge in [0.2, 0.25) is 11.8 Å². The zero-order valence-electron chi connectivity index (χ0n) is 24.5. The highest BCUT2D eigenvalue weighted by Crippen LogP contribution is 2.36. The number of fused-ring (bicyclic) bond motifs is 3. The quantitative estimate of drug-likeness (QED) is 0.153. The molecule has 48 heavy (non-hydrogen) atoms. The predicted molar refractivity (Wildman–Crippen MR) is 175 cm³/mol. The van der Waals surface area contributed by atoms with Crippen molar-refractivity contribution in [2.45, 2.75) is 31.2 Å². The molecule has 0 aliphatic rings. The Balaban J connectivity index is 1.19. The summed E-state index contributed by atoms with van der Waals surface area (Å²) in [6.07, 6.45) is -8.99. The van der Waals surface area contributed by atoms with Gasteiger partial charge in [0, 0.05) is 28.3 Å². The number of rotatable bonds is 8. The van der Waals surface area contributed by atoms with Gasteiger partial charge in [-0.3, -0.25) is 14.0 Å². The van der Waals surface area contributed by atoms with Crippen molar-refractivity contribution < 1.29 is 35.9 Å². The summed E-state index contributed by atoms with van der Waals surface area (Å²) in [6.45, 7) is 0. The van der Waals surface area contributed by atoms with Crippen LogP contribution in [-0.2, 0) is 34.8 Å². The summed E-state index contributed by atoms with van der Waals surface area (Å²) in [7, 11) is 0. The first kappa shape index (κ1) is 33.2. The average molecular weight is 746 g/mol. The Bertz CT molecular complexity index is 2090. The summed E-state index contributed by atoms with van der Waals surface area (Å²) in [5.74, 6) is -1.55. The number of nitrogens with zero attached hydrogens (tertiary/aromatic N) is 2. The number of carbonyl (C=O) groups is 2. The van der Waals surface area contributed by atoms with Crippen molar-refractivity contribution >= 4 is 59.9 Å². The standard InChI is InChI=1S/C34H23BrF6N4O2S/c35-24-8-11-28-29(17-24)48-32-44-27(18-45(28)32)21-6-9-25(10-7-21)42-31(47)26(14-19-4-2-1-3-5-19)43-30(46)15-20-12-22(33(36,37)38)16-23(13-20)34(39,40)41/h1-13,16-18,26H,14-15H2,(H,42,47)(H,43,46). The first-order chi connectivity index (χ1) is 22.7. The fraction of sp³-hybridized carbons (Fsp3) is 0.147. The molecule has 0 radical (unpaired) electrons. The van der Waals surface area contributed by atoms with Gasteiger partial charge in [-0.05, 0) is 59.7 Å². The Morgan fingerprint density at radius 2 is 1.50 bits per heavy atom. The van der Waals surface area contributed by atoms with Crippen LogP contribution in [-0.4, -0.2) is 27.2 Å². The first-order valence-electron chi connectivity index (χ1n) is 14.3. The van der Waals surface area contributed by atoms with E-state index in [0.29, 0.717) is 23.4 Å². The van der Waals surface area contributed by atoms with Crippen molar-refractivity contribution in [3.63, 3.8) is 0 Å². The van der Waals surface area contributed by atoms with Crippen LogP contribution in [0, 0.1) is 0 Å². The van der Waals surface area contributed by atoms with Crippen molar-refractivity contribution in [3.8, 4) is 11.3 Å². The maximum atomic E-state index is 13.4. The van der Waals surface area contributed by atoms with E-state index in [4.69, 9.17) is 4.98 Å². The lowest BCUT2D eigenvalue weighted by molar-refractivity contribution is -0.143. The number of alkyl halides is 6. The molecule has 0 fully saturated rings. The number of carbonyl (C=O) groups excluding carboxylic acids is 2. The number of benzene rings is 4. The Morgan fingerprint density at radius 3 is 2.15 bits per heavy atom. The largest absolute Gasteiger partial charge is 0.416 e. The SMILES string of the molecule is O=C(Cc1cc(C(F)(F)F)cc(C(F)(F)F)c1)NC(Cc1ccccc1)C(=O)Nc1ccc(-c2cn3c(n2)sc2cc(Br)ccc23)cc1. The Hall–Kier alpha value is -4.69. The number of hydrogen-bond acceptors (Lipinski definition) is 4. The monoisotopic (exact) mass is 744 g/mol. The molecule has 2 heterocycles. The van der Waals surface area contributed by atoms with E-state index < -0.39 is 53.3 Å². The number of aromatic nitrogens is 2. The van der Waals surface area contributed by atoms with Crippen LogP contribution in [0.2, 0.25) is 0 Å². The molecule has 0 saturated carbocycles. The normalized spacial score (nSPS) is 12.7. The molecule has 2 amide bonds. The fourth-order valence-corrected chi connectivity index (χ4v) is 6.74. The number of halogens is 7. The van der Waals surface area contributed by atoms with Crippen LogP contribution >= 0.6 is 27.3 Å². The van der Waals surface area contributed by atoms with Gasteiger partial charge < -0.3 is 10.6 Å². The lowest BCUT2D eigenvalue weighted by Gasteiger charge is -2.19. The van der Waals surface area contributed by atoms with Gasteiger partial charge >= 0.3 is 12.4 Å². The van der Waals surface area contributed by atoms with Crippen molar-refractivity contribution in [2.75, 3.05) is 5.32 Å². The number of hydrogen-bond donors (Lipinski definition) is 2. The lowest BCUT2D eigenvalue weighted by atomic mass is 10.0. The molecule has 6 nitrogen and oxygen atoms in total. The number of amides is 2. The molecule has 246 valence electrons. The van der Waals surface area contributed by atoms with Gasteiger partial charge in [0.1, 0.15) is 6.04 Å². The predicted octanol–water partition coefficient (Wildman–Crippen LogP) is 8.92. The van der Waals surface area contributed by atoms with E-state index in [2.05, 4.69) is 26.6 Å². The number of anilines is 1. The second-order valence-electron chi connectivity index (χ2n) is 11.0. The average Bonchev–Trinajstić information content (AvgIpc) is 3.58. The fourth-order valence-electron chi connectivity index (χ4n) is 5.18. The minimum absolute atomic E-state index is 0.00492. The first-order valence-corrected chi connectivity index (χ1v) is 15.9. The van der Waals surface area contributed by atoms with E-state index in [0.717, 1.165) is 30.9 Å². The third-order valence-electron chi connectivity index (χ3n) is 7.45. The molecule has 0 aliphatic heterocycles. The zero-order chi connectivity index (χ0) is 34.2. The molecule has 2 N–H and O–H groups in total. The maximum absolute atomic E-state index is 13.4. The second kappa shape index (κ2) is 13.1. The summed E-state index contributed by atoms with van der Waals surface area (Å²) in [5, 5.41) is 5.23. The molecule has 0 bridgehead atoms. The van der Waals surface area contributed by atoms with E-state index in [-0.39, 0.29) is 12.5 Å². The van der Waals surface area contributed by atoms with Gasteiger partial charge in [-0.2, -0.15) is 26.3 Å². The van der Waals surface area contributed by atoms with Gasteiger partial charge in [0.05, 0.1) is 33.5 Å². The van der Waals surface area contributed by atoms with Crippen LogP contribution in [0.25, 0.3) is 26.4 Å². The lowest BCUT2D eigenvalue weighted by Crippen LogP contribution is -2.45. The highest BCUT2D eigenvalue weighted by molar-refractivity contribution is 9.10. The molecular formula is C34H23BrF6N4O2S. The highest BCUT2D eigenvalue weighted by atomic mass is 79.9. The molecule has 14 heteroatoms. The van der Waals surface area contributed by atoms with Crippen LogP contribution in [0.3, 0.4) is 0 Å². The van der Waals surface area contributed by atoms with E-state index in [9.17, 15) is 35.9 Å². The Kier molecular flexibility index (Phi) is 9.05. The number of imidazole rings is 1. The number of nitrogens with one attached hydrogen (secondary N) is 2. The van der Waals surface area contributed by atoms with E-state index in [1.165, 1.54) is 0 Å². The highest BCUT2D eigenvalue weighted by Gasteiger charge is 2.37. The van der Waals surface area contributed by atoms with Gasteiger partial charge in [0.15, 0.2) is 4.96 Å². The van der Waals surface area contributed by atoms with Crippen molar-refractivity contribution in [3.05, 3.63) is 124 Å². The molecule has 4 aromatic carbocycles. The van der Waals surface area contributed by atoms with Gasteiger partial charge in [0.25, 0.3) is 0 Å². The summed E-state index contributed by atoms with van der Waals surface area (Å²) < 4.78 is 84.1. The zero-order valence-corrected chi connectivity index (χ0v) is 26.9. The topological polar surface area (TPSA) is 75.5 Å². The van der Waals surface area contributed by atoms with Crippen molar-refractivity contribution in [2.24, 2.45) is 0 Å². The van der Waals surface area contributed by atoms with Crippen molar-refractivity contribution in [1.29, 1.82) is 0 Å². The van der Waals surface area contributed by atoms with Gasteiger partial charge in [-0.1, -0.05) is 69.7 Å². The van der Waals surface area contributed by atoms with Crippen LogP contribution < -0.4 is 10.6 Å². The van der Waals surface area contributed by atoms with E-state index in [1.54, 1.807) is 65.9 Å². The Labute approximate surface area is 281 Å². The third kappa shape index (κ3) is 7.55. The minimum Gasteiger partial charge on any atom is -0.344 e. The van der Waals surface area contributed by atoms with E-state index >= 15 is 0 Å². The van der Waals surface area contributed by atoms with Crippen LogP contribution in [0.5, 0.6) is 0 Å². The molecule has 6 rings (SSSR count). The summed E-state index contributed by atoms with van der Waals surface area (Å²) in [6, 6.07) is 21.3. The van der Waals surface area contributed by atoms with Crippen LogP contribution in [0.15, 0.2) is 102 Å². The second-order valence-corrected chi connectivity index (χ2v) is 12.9. The van der Waals surface area contributed by atoms with Crippen LogP contribution in [0.4, 0.5) is 32.0 Å². The molecule has 2 aromatic heterocycles. The molecule has 0 aliphatic carbocycles. The van der Waals surface area contributed by atoms with Crippen LogP contribution in [0.1, 0.15) is 22.3 Å². The van der Waals surface area contributed by atoms with Gasteiger partial charge in [-0.25, -0.2) is 4.98 Å². The van der Waals surface area contributed by atoms with Crippen molar-refractivity contribution in [1.82, 2.24) is 14.7 Å². The molecular weight excluding hydrogens is 722 g/mol. The third-order valence-corrected chi connectivity index (χ3v) is 8.96.